The van der Waals surface area contributed by atoms with Crippen LogP contribution >= 0.6 is 0 Å². The molecule has 0 saturated carbocycles. The Labute approximate surface area is 335 Å². The molecule has 0 saturated heterocycles. The molecule has 0 aliphatic heterocycles. The van der Waals surface area contributed by atoms with E-state index in [2.05, 4.69) is 42.2 Å². The number of amides is 6. The zero-order valence-corrected chi connectivity index (χ0v) is 34.1. The number of guanidine groups is 1. The molecule has 0 aliphatic rings. The van der Waals surface area contributed by atoms with Crippen LogP contribution in [0.4, 0.5) is 0 Å². The molecule has 0 unspecified atom stereocenters. The van der Waals surface area contributed by atoms with Gasteiger partial charge in [0.15, 0.2) is 5.96 Å². The summed E-state index contributed by atoms with van der Waals surface area (Å²) >= 11 is 0. The molecular weight excluding hydrogens is 738 g/mol. The number of nitrogens with zero attached hydrogens (tertiary/aromatic N) is 1. The van der Waals surface area contributed by atoms with Gasteiger partial charge in [0.25, 0.3) is 0 Å². The topological polar surface area (TPSA) is 314 Å². The number of carbonyl (C=O) groups excluding carboxylic acids is 6. The van der Waals surface area contributed by atoms with E-state index in [0.29, 0.717) is 32.4 Å². The van der Waals surface area contributed by atoms with Crippen molar-refractivity contribution in [2.24, 2.45) is 34.0 Å². The Balaban J connectivity index is 2.82. The Morgan fingerprint density at radius 3 is 1.96 bits per heavy atom. The van der Waals surface area contributed by atoms with E-state index in [1.165, 1.54) is 18.1 Å². The van der Waals surface area contributed by atoms with Crippen molar-refractivity contribution >= 4 is 47.4 Å². The molecule has 19 nitrogen and oxygen atoms in total. The highest BCUT2D eigenvalue weighted by Gasteiger charge is 2.29. The summed E-state index contributed by atoms with van der Waals surface area (Å²) in [6.07, 6.45) is 2.46. The van der Waals surface area contributed by atoms with Crippen molar-refractivity contribution in [2.75, 3.05) is 26.2 Å². The molecule has 0 bridgehead atoms. The predicted octanol–water partition coefficient (Wildman–Crippen LogP) is -1.39. The summed E-state index contributed by atoms with van der Waals surface area (Å²) in [6.45, 7) is 11.0. The van der Waals surface area contributed by atoms with Gasteiger partial charge in [0.2, 0.25) is 35.4 Å². The van der Waals surface area contributed by atoms with Gasteiger partial charge in [-0.3, -0.25) is 33.8 Å². The third-order valence-corrected chi connectivity index (χ3v) is 9.31. The second-order valence-electron chi connectivity index (χ2n) is 14.4. The highest BCUT2D eigenvalue weighted by molar-refractivity contribution is 5.95. The second kappa shape index (κ2) is 26.5. The number of unbranched alkanes of at least 4 members (excludes halogenated alkanes) is 1. The lowest BCUT2D eigenvalue weighted by atomic mass is 9.99. The number of nitrogens with one attached hydrogen (secondary N) is 7. The van der Waals surface area contributed by atoms with Crippen molar-refractivity contribution in [1.29, 1.82) is 0 Å². The Hall–Kier alpha value is -5.30. The number of rotatable bonds is 27. The molecule has 6 amide bonds. The Morgan fingerprint density at radius 1 is 0.754 bits per heavy atom. The molecule has 320 valence electrons. The number of carboxylic acid groups (broad SMARTS) is 1. The van der Waals surface area contributed by atoms with Gasteiger partial charge in [0, 0.05) is 13.1 Å². The number of carbonyl (C=O) groups is 7. The molecule has 0 radical (unpaired) electrons. The molecule has 6 atom stereocenters. The van der Waals surface area contributed by atoms with Crippen LogP contribution in [-0.4, -0.2) is 109 Å². The number of hydrogen-bond acceptors (Lipinski definition) is 10. The van der Waals surface area contributed by atoms with Crippen LogP contribution in [0.3, 0.4) is 0 Å². The summed E-state index contributed by atoms with van der Waals surface area (Å²) < 4.78 is 0. The van der Waals surface area contributed by atoms with E-state index in [1.54, 1.807) is 13.8 Å². The third-order valence-electron chi connectivity index (χ3n) is 9.31. The molecular formula is C38H65N11O8. The van der Waals surface area contributed by atoms with Crippen molar-refractivity contribution < 1.29 is 38.7 Å². The molecule has 0 heterocycles. The minimum absolute atomic E-state index is 0.0365. The summed E-state index contributed by atoms with van der Waals surface area (Å²) in [5, 5.41) is 28.0. The monoisotopic (exact) mass is 804 g/mol. The smallest absolute Gasteiger partial charge is 0.326 e. The van der Waals surface area contributed by atoms with Gasteiger partial charge in [-0.05, 0) is 75.5 Å². The maximum absolute atomic E-state index is 13.3. The molecule has 14 N–H and O–H groups in total. The van der Waals surface area contributed by atoms with Gasteiger partial charge in [-0.15, -0.1) is 0 Å². The zero-order valence-electron chi connectivity index (χ0n) is 34.1. The van der Waals surface area contributed by atoms with E-state index in [0.717, 1.165) is 0 Å². The fourth-order valence-electron chi connectivity index (χ4n) is 5.42. The molecule has 1 aromatic rings. The van der Waals surface area contributed by atoms with Crippen molar-refractivity contribution in [3.8, 4) is 0 Å². The number of aliphatic imine (C=N–C) groups is 1. The molecule has 1 rings (SSSR count). The highest BCUT2D eigenvalue weighted by Crippen LogP contribution is 2.08. The molecule has 1 aromatic carbocycles. The fraction of sp³-hybridized carbons (Fsp3) is 0.632. The van der Waals surface area contributed by atoms with Crippen molar-refractivity contribution in [1.82, 2.24) is 37.2 Å². The maximum Gasteiger partial charge on any atom is 0.326 e. The number of carboxylic acids is 1. The SMILES string of the molecule is CC[C@H](C)[C@H](N)C(=O)NCC(=O)N[C@@H](CCCCNCc1ccccc1C)C(=O)NCC(=O)N[C@H](C(=O)N[C@@H](C)C(=O)N[C@@H](CCCN=C(N)N)C(=O)O)C(C)C. The Morgan fingerprint density at radius 2 is 1.37 bits per heavy atom. The van der Waals surface area contributed by atoms with Crippen LogP contribution in [0.1, 0.15) is 84.3 Å². The summed E-state index contributed by atoms with van der Waals surface area (Å²) in [7, 11) is 0. The Kier molecular flexibility index (Phi) is 23.1. The van der Waals surface area contributed by atoms with Gasteiger partial charge in [0.05, 0.1) is 19.1 Å². The summed E-state index contributed by atoms with van der Waals surface area (Å²) in [5.41, 5.74) is 18.9. The number of aliphatic carboxylic acids is 1. The van der Waals surface area contributed by atoms with Crippen molar-refractivity contribution in [2.45, 2.75) is 117 Å². The molecule has 0 aromatic heterocycles. The van der Waals surface area contributed by atoms with Crippen LogP contribution in [0, 0.1) is 18.8 Å². The summed E-state index contributed by atoms with van der Waals surface area (Å²) in [6, 6.07) is 2.65. The quantitative estimate of drug-likeness (QED) is 0.0279. The van der Waals surface area contributed by atoms with Gasteiger partial charge in [0.1, 0.15) is 24.2 Å². The van der Waals surface area contributed by atoms with Crippen LogP contribution in [0.25, 0.3) is 0 Å². The predicted molar refractivity (Wildman–Crippen MR) is 216 cm³/mol. The summed E-state index contributed by atoms with van der Waals surface area (Å²) in [4.78, 5) is 92.9. The Bertz CT molecular complexity index is 1520. The average molecular weight is 804 g/mol. The van der Waals surface area contributed by atoms with E-state index in [9.17, 15) is 38.7 Å². The van der Waals surface area contributed by atoms with Gasteiger partial charge in [-0.1, -0.05) is 58.4 Å². The van der Waals surface area contributed by atoms with E-state index >= 15 is 0 Å². The lowest BCUT2D eigenvalue weighted by Crippen LogP contribution is -2.57. The number of nitrogens with two attached hydrogens (primary N) is 3. The first kappa shape index (κ1) is 49.7. The van der Waals surface area contributed by atoms with Crippen LogP contribution in [0.5, 0.6) is 0 Å². The molecule has 0 fully saturated rings. The van der Waals surface area contributed by atoms with Gasteiger partial charge in [-0.25, -0.2) is 4.79 Å². The highest BCUT2D eigenvalue weighted by atomic mass is 16.4. The van der Waals surface area contributed by atoms with Gasteiger partial charge in [-0.2, -0.15) is 0 Å². The van der Waals surface area contributed by atoms with Crippen molar-refractivity contribution in [3.05, 3.63) is 35.4 Å². The zero-order chi connectivity index (χ0) is 43.1. The first-order valence-corrected chi connectivity index (χ1v) is 19.4. The molecule has 19 heteroatoms. The van der Waals surface area contributed by atoms with Gasteiger partial charge >= 0.3 is 5.97 Å². The average Bonchev–Trinajstić information content (AvgIpc) is 3.16. The number of benzene rings is 1. The maximum atomic E-state index is 13.3. The largest absolute Gasteiger partial charge is 0.480 e. The van der Waals surface area contributed by atoms with Crippen LogP contribution in [0.15, 0.2) is 29.3 Å². The number of aryl methyl sites for hydroxylation is 1. The van der Waals surface area contributed by atoms with Gasteiger partial charge < -0.3 is 59.5 Å². The van der Waals surface area contributed by atoms with Crippen molar-refractivity contribution in [3.63, 3.8) is 0 Å². The fourth-order valence-corrected chi connectivity index (χ4v) is 5.42. The standard InChI is InChI=1S/C38H65N11O8/c1-7-23(4)31(39)35(54)45-20-29(50)47-27(15-10-11-17-42-19-26-14-9-8-13-24(26)5)34(53)44-21-30(51)49-32(22(2)3)36(55)46-25(6)33(52)48-28(37(56)57)16-12-18-43-38(40)41/h8-9,13-14,22-23,25,27-28,31-32,42H,7,10-12,15-21,39H2,1-6H3,(H,44,53)(H,45,54)(H,46,55)(H,47,50)(H,48,52)(H,49,51)(H,56,57)(H4,40,41,43)/t23-,25-,27-,28-,31-,32-/m0/s1. The third kappa shape index (κ3) is 19.9. The van der Waals surface area contributed by atoms with E-state index in [-0.39, 0.29) is 37.7 Å². The first-order chi connectivity index (χ1) is 26.9. The minimum Gasteiger partial charge on any atom is -0.480 e. The normalized spacial score (nSPS) is 14.1. The summed E-state index contributed by atoms with van der Waals surface area (Å²) in [5.74, 6) is -5.88. The van der Waals surface area contributed by atoms with E-state index < -0.39 is 90.6 Å². The van der Waals surface area contributed by atoms with Crippen LogP contribution in [0.2, 0.25) is 0 Å². The minimum atomic E-state index is -1.28. The molecule has 0 spiro atoms. The van der Waals surface area contributed by atoms with E-state index in [1.807, 2.05) is 45.0 Å². The lowest BCUT2D eigenvalue weighted by molar-refractivity contribution is -0.142. The van der Waals surface area contributed by atoms with Crippen LogP contribution < -0.4 is 54.4 Å². The second-order valence-corrected chi connectivity index (χ2v) is 14.4. The lowest BCUT2D eigenvalue weighted by Gasteiger charge is -2.25. The number of hydrogen-bond donors (Lipinski definition) is 11. The van der Waals surface area contributed by atoms with E-state index in [4.69, 9.17) is 17.2 Å². The molecule has 57 heavy (non-hydrogen) atoms. The first-order valence-electron chi connectivity index (χ1n) is 19.4. The molecule has 0 aliphatic carbocycles. The van der Waals surface area contributed by atoms with Crippen LogP contribution in [-0.2, 0) is 40.1 Å².